The zero-order valence-electron chi connectivity index (χ0n) is 14.2. The zero-order valence-corrected chi connectivity index (χ0v) is 15.0. The fourth-order valence-electron chi connectivity index (χ4n) is 3.67. The predicted molar refractivity (Wildman–Crippen MR) is 98.9 cm³/mol. The monoisotopic (exact) mass is 356 g/mol. The Bertz CT molecular complexity index is 921. The van der Waals surface area contributed by atoms with Crippen molar-refractivity contribution >= 4 is 28.4 Å². The van der Waals surface area contributed by atoms with Crippen LogP contribution in [0.1, 0.15) is 46.6 Å². The van der Waals surface area contributed by atoms with Crippen molar-refractivity contribution in [3.05, 3.63) is 51.9 Å². The van der Waals surface area contributed by atoms with Crippen LogP contribution in [0.2, 0.25) is 5.02 Å². The van der Waals surface area contributed by atoms with Gasteiger partial charge in [-0.1, -0.05) is 24.1 Å². The standard InChI is InChI=1S/C19H21ClN4O/c1-24-18(15(20)11-22-24)19(25)21-10-12-7-8-17-14(9-12)13-5-3-2-4-6-16(13)23-17/h7-9,11,23H,2-6,10H2,1H3,(H,21,25). The van der Waals surface area contributed by atoms with Crippen molar-refractivity contribution in [3.63, 3.8) is 0 Å². The first-order valence-corrected chi connectivity index (χ1v) is 9.09. The van der Waals surface area contributed by atoms with E-state index in [0.29, 0.717) is 17.3 Å². The van der Waals surface area contributed by atoms with E-state index in [9.17, 15) is 4.79 Å². The number of fused-ring (bicyclic) bond motifs is 3. The highest BCUT2D eigenvalue weighted by atomic mass is 35.5. The molecule has 0 radical (unpaired) electrons. The number of carbonyl (C=O) groups is 1. The first-order chi connectivity index (χ1) is 12.1. The normalized spacial score (nSPS) is 14.3. The van der Waals surface area contributed by atoms with Crippen molar-refractivity contribution in [2.75, 3.05) is 0 Å². The molecule has 0 unspecified atom stereocenters. The van der Waals surface area contributed by atoms with Crippen molar-refractivity contribution in [1.82, 2.24) is 20.1 Å². The Morgan fingerprint density at radius 1 is 1.32 bits per heavy atom. The topological polar surface area (TPSA) is 62.7 Å². The number of hydrogen-bond acceptors (Lipinski definition) is 2. The van der Waals surface area contributed by atoms with Crippen LogP contribution in [-0.4, -0.2) is 20.7 Å². The molecule has 2 N–H and O–H groups in total. The molecule has 1 aliphatic carbocycles. The third-order valence-electron chi connectivity index (χ3n) is 4.97. The lowest BCUT2D eigenvalue weighted by molar-refractivity contribution is 0.0941. The maximum Gasteiger partial charge on any atom is 0.271 e. The quantitative estimate of drug-likeness (QED) is 0.702. The minimum atomic E-state index is -0.210. The number of amides is 1. The Hall–Kier alpha value is -2.27. The molecule has 4 rings (SSSR count). The van der Waals surface area contributed by atoms with E-state index in [1.54, 1.807) is 7.05 Å². The molecule has 25 heavy (non-hydrogen) atoms. The second kappa shape index (κ2) is 6.56. The number of hydrogen-bond donors (Lipinski definition) is 2. The third-order valence-corrected chi connectivity index (χ3v) is 5.25. The summed E-state index contributed by atoms with van der Waals surface area (Å²) in [4.78, 5) is 15.9. The molecule has 3 aromatic rings. The van der Waals surface area contributed by atoms with Crippen LogP contribution in [0, 0.1) is 0 Å². The number of halogens is 1. The molecule has 1 aliphatic rings. The number of aromatic amines is 1. The van der Waals surface area contributed by atoms with Crippen LogP contribution in [-0.2, 0) is 26.4 Å². The summed E-state index contributed by atoms with van der Waals surface area (Å²) in [5.41, 5.74) is 5.51. The summed E-state index contributed by atoms with van der Waals surface area (Å²) < 4.78 is 1.49. The minimum absolute atomic E-state index is 0.210. The number of aryl methyl sites for hydroxylation is 3. The van der Waals surface area contributed by atoms with Gasteiger partial charge >= 0.3 is 0 Å². The van der Waals surface area contributed by atoms with Crippen LogP contribution in [0.25, 0.3) is 10.9 Å². The summed E-state index contributed by atoms with van der Waals surface area (Å²) in [6.45, 7) is 0.468. The van der Waals surface area contributed by atoms with Gasteiger partial charge in [0.05, 0.1) is 11.2 Å². The Kier molecular flexibility index (Phi) is 4.25. The van der Waals surface area contributed by atoms with Crippen LogP contribution in [0.4, 0.5) is 0 Å². The molecule has 5 nitrogen and oxygen atoms in total. The number of aromatic nitrogens is 3. The van der Waals surface area contributed by atoms with E-state index in [2.05, 4.69) is 33.6 Å². The molecule has 6 heteroatoms. The lowest BCUT2D eigenvalue weighted by Crippen LogP contribution is -2.25. The molecule has 2 aromatic heterocycles. The van der Waals surface area contributed by atoms with Crippen molar-refractivity contribution < 1.29 is 4.79 Å². The molecule has 0 aliphatic heterocycles. The Morgan fingerprint density at radius 3 is 2.96 bits per heavy atom. The molecule has 0 atom stereocenters. The summed E-state index contributed by atoms with van der Waals surface area (Å²) in [6, 6.07) is 6.37. The maximum absolute atomic E-state index is 12.3. The van der Waals surface area contributed by atoms with Gasteiger partial charge in [0.15, 0.2) is 0 Å². The molecule has 0 fully saturated rings. The zero-order chi connectivity index (χ0) is 17.4. The Labute approximate surface area is 151 Å². The van der Waals surface area contributed by atoms with Crippen LogP contribution < -0.4 is 5.32 Å². The molecule has 1 aromatic carbocycles. The van der Waals surface area contributed by atoms with Gasteiger partial charge in [-0.25, -0.2) is 0 Å². The van der Waals surface area contributed by atoms with Crippen molar-refractivity contribution in [2.24, 2.45) is 7.05 Å². The van der Waals surface area contributed by atoms with Crippen LogP contribution >= 0.6 is 11.6 Å². The molecular weight excluding hydrogens is 336 g/mol. The molecule has 2 heterocycles. The van der Waals surface area contributed by atoms with Crippen molar-refractivity contribution in [3.8, 4) is 0 Å². The average Bonchev–Trinajstić information content (AvgIpc) is 3.02. The van der Waals surface area contributed by atoms with E-state index in [4.69, 9.17) is 11.6 Å². The summed E-state index contributed by atoms with van der Waals surface area (Å²) in [5, 5.41) is 8.60. The molecule has 0 bridgehead atoms. The highest BCUT2D eigenvalue weighted by molar-refractivity contribution is 6.33. The van der Waals surface area contributed by atoms with E-state index in [1.165, 1.54) is 52.3 Å². The van der Waals surface area contributed by atoms with Crippen LogP contribution in [0.15, 0.2) is 24.4 Å². The highest BCUT2D eigenvalue weighted by Crippen LogP contribution is 2.29. The summed E-state index contributed by atoms with van der Waals surface area (Å²) in [7, 11) is 1.71. The second-order valence-corrected chi connectivity index (χ2v) is 7.08. The van der Waals surface area contributed by atoms with E-state index < -0.39 is 0 Å². The summed E-state index contributed by atoms with van der Waals surface area (Å²) in [5.74, 6) is -0.210. The van der Waals surface area contributed by atoms with E-state index >= 15 is 0 Å². The summed E-state index contributed by atoms with van der Waals surface area (Å²) >= 11 is 6.03. The molecule has 0 saturated carbocycles. The first-order valence-electron chi connectivity index (χ1n) is 8.71. The fraction of sp³-hybridized carbons (Fsp3) is 0.368. The molecule has 0 spiro atoms. The maximum atomic E-state index is 12.3. The van der Waals surface area contributed by atoms with Gasteiger partial charge in [0.25, 0.3) is 5.91 Å². The van der Waals surface area contributed by atoms with Crippen molar-refractivity contribution in [2.45, 2.75) is 38.6 Å². The van der Waals surface area contributed by atoms with Crippen LogP contribution in [0.3, 0.4) is 0 Å². The van der Waals surface area contributed by atoms with Gasteiger partial charge in [0, 0.05) is 30.2 Å². The molecular formula is C19H21ClN4O. The molecule has 1 amide bonds. The predicted octanol–water partition coefficient (Wildman–Crippen LogP) is 3.75. The number of carbonyl (C=O) groups excluding carboxylic acids is 1. The van der Waals surface area contributed by atoms with Crippen LogP contribution in [0.5, 0.6) is 0 Å². The lowest BCUT2D eigenvalue weighted by Gasteiger charge is -2.07. The minimum Gasteiger partial charge on any atom is -0.358 e. The largest absolute Gasteiger partial charge is 0.358 e. The number of H-pyrrole nitrogens is 1. The van der Waals surface area contributed by atoms with Gasteiger partial charge in [0.1, 0.15) is 5.69 Å². The van der Waals surface area contributed by atoms with E-state index in [0.717, 1.165) is 18.4 Å². The lowest BCUT2D eigenvalue weighted by atomic mass is 10.0. The van der Waals surface area contributed by atoms with Crippen molar-refractivity contribution in [1.29, 1.82) is 0 Å². The van der Waals surface area contributed by atoms with Gasteiger partial charge in [-0.2, -0.15) is 5.10 Å². The van der Waals surface area contributed by atoms with Gasteiger partial charge in [-0.05, 0) is 48.9 Å². The number of rotatable bonds is 3. The van der Waals surface area contributed by atoms with Gasteiger partial charge in [-0.15, -0.1) is 0 Å². The number of nitrogens with zero attached hydrogens (tertiary/aromatic N) is 2. The van der Waals surface area contributed by atoms with E-state index in [1.807, 2.05) is 0 Å². The Balaban J connectivity index is 1.56. The van der Waals surface area contributed by atoms with E-state index in [-0.39, 0.29) is 5.91 Å². The number of benzene rings is 1. The smallest absolute Gasteiger partial charge is 0.271 e. The average molecular weight is 357 g/mol. The Morgan fingerprint density at radius 2 is 2.16 bits per heavy atom. The van der Waals surface area contributed by atoms with Gasteiger partial charge in [-0.3, -0.25) is 9.48 Å². The first kappa shape index (κ1) is 16.2. The highest BCUT2D eigenvalue weighted by Gasteiger charge is 2.17. The molecule has 0 saturated heterocycles. The van der Waals surface area contributed by atoms with Gasteiger partial charge < -0.3 is 10.3 Å². The second-order valence-electron chi connectivity index (χ2n) is 6.67. The molecule has 130 valence electrons. The summed E-state index contributed by atoms with van der Waals surface area (Å²) in [6.07, 6.45) is 7.56. The van der Waals surface area contributed by atoms with Gasteiger partial charge in [0.2, 0.25) is 0 Å². The SMILES string of the molecule is Cn1ncc(Cl)c1C(=O)NCc1ccc2[nH]c3c(c2c1)CCCCC3. The fourth-order valence-corrected chi connectivity index (χ4v) is 3.92. The third kappa shape index (κ3) is 3.04. The number of nitrogens with one attached hydrogen (secondary N) is 2.